The van der Waals surface area contributed by atoms with Gasteiger partial charge in [-0.1, -0.05) is 36.4 Å². The van der Waals surface area contributed by atoms with Crippen LogP contribution in [0.2, 0.25) is 0 Å². The second kappa shape index (κ2) is 13.2. The van der Waals surface area contributed by atoms with Gasteiger partial charge < -0.3 is 20.1 Å². The summed E-state index contributed by atoms with van der Waals surface area (Å²) in [7, 11) is 5.11. The first-order valence-electron chi connectivity index (χ1n) is 8.96. The zero-order valence-corrected chi connectivity index (χ0v) is 18.7. The van der Waals surface area contributed by atoms with Crippen LogP contribution in [-0.2, 0) is 12.8 Å². The predicted molar refractivity (Wildman–Crippen MR) is 123 cm³/mol. The van der Waals surface area contributed by atoms with Gasteiger partial charge in [0, 0.05) is 20.1 Å². The first-order valence-corrected chi connectivity index (χ1v) is 8.96. The fourth-order valence-electron chi connectivity index (χ4n) is 2.73. The van der Waals surface area contributed by atoms with E-state index in [1.807, 2.05) is 18.2 Å². The van der Waals surface area contributed by atoms with E-state index in [1.54, 1.807) is 21.3 Å². The highest BCUT2D eigenvalue weighted by Gasteiger charge is 2.04. The maximum atomic E-state index is 5.35. The van der Waals surface area contributed by atoms with Gasteiger partial charge >= 0.3 is 0 Å². The largest absolute Gasteiger partial charge is 0.493 e. The summed E-state index contributed by atoms with van der Waals surface area (Å²) in [6.07, 6.45) is 2.95. The summed E-state index contributed by atoms with van der Waals surface area (Å²) in [6.45, 7) is 1.72. The van der Waals surface area contributed by atoms with Crippen molar-refractivity contribution in [3.05, 3.63) is 59.7 Å². The van der Waals surface area contributed by atoms with Gasteiger partial charge in [0.2, 0.25) is 0 Å². The monoisotopic (exact) mass is 483 g/mol. The summed E-state index contributed by atoms with van der Waals surface area (Å²) in [5.74, 6) is 2.38. The standard InChI is InChI=1S/C21H29N3O2.HI/c1-22-21(24-15-13-17-8-5-4-6-9-17)23-14-7-10-18-11-12-19(25-2)20(16-18)26-3;/h4-6,8-9,11-12,16H,7,10,13-15H2,1-3H3,(H2,22,23,24);1H. The van der Waals surface area contributed by atoms with Gasteiger partial charge in [0.05, 0.1) is 14.2 Å². The Morgan fingerprint density at radius 3 is 2.22 bits per heavy atom. The number of methoxy groups -OCH3 is 2. The van der Waals surface area contributed by atoms with Gasteiger partial charge in [0.25, 0.3) is 0 Å². The van der Waals surface area contributed by atoms with Crippen LogP contribution in [0.3, 0.4) is 0 Å². The van der Waals surface area contributed by atoms with Gasteiger partial charge in [-0.15, -0.1) is 24.0 Å². The number of benzene rings is 2. The summed E-state index contributed by atoms with van der Waals surface area (Å²) in [5.41, 5.74) is 2.56. The molecule has 2 rings (SSSR count). The SMILES string of the molecule is CN=C(NCCCc1ccc(OC)c(OC)c1)NCCc1ccccc1.I. The van der Waals surface area contributed by atoms with Crippen LogP contribution in [0, 0.1) is 0 Å². The van der Waals surface area contributed by atoms with Crippen LogP contribution in [0.5, 0.6) is 11.5 Å². The third-order valence-corrected chi connectivity index (χ3v) is 4.16. The molecule has 0 aliphatic heterocycles. The molecule has 2 aromatic carbocycles. The number of nitrogens with one attached hydrogen (secondary N) is 2. The van der Waals surface area contributed by atoms with Crippen molar-refractivity contribution < 1.29 is 9.47 Å². The van der Waals surface area contributed by atoms with Crippen LogP contribution >= 0.6 is 24.0 Å². The van der Waals surface area contributed by atoms with Gasteiger partial charge in [-0.25, -0.2) is 0 Å². The van der Waals surface area contributed by atoms with Crippen LogP contribution in [0.1, 0.15) is 17.5 Å². The maximum Gasteiger partial charge on any atom is 0.190 e. The van der Waals surface area contributed by atoms with E-state index in [1.165, 1.54) is 11.1 Å². The average Bonchev–Trinajstić information content (AvgIpc) is 2.70. The number of halogens is 1. The number of ether oxygens (including phenoxy) is 2. The number of rotatable bonds is 9. The number of aliphatic imine (C=N–C) groups is 1. The molecule has 0 unspecified atom stereocenters. The molecule has 0 atom stereocenters. The molecule has 0 heterocycles. The number of hydrogen-bond donors (Lipinski definition) is 2. The normalized spacial score (nSPS) is 10.7. The lowest BCUT2D eigenvalue weighted by molar-refractivity contribution is 0.354. The van der Waals surface area contributed by atoms with E-state index in [9.17, 15) is 0 Å². The molecule has 0 spiro atoms. The quantitative estimate of drug-likeness (QED) is 0.248. The second-order valence-corrected chi connectivity index (χ2v) is 5.95. The third kappa shape index (κ3) is 8.07. The zero-order chi connectivity index (χ0) is 18.6. The van der Waals surface area contributed by atoms with Gasteiger partial charge in [-0.3, -0.25) is 4.99 Å². The van der Waals surface area contributed by atoms with Gasteiger partial charge in [-0.2, -0.15) is 0 Å². The Balaban J connectivity index is 0.00000364. The molecule has 0 aliphatic rings. The highest BCUT2D eigenvalue weighted by molar-refractivity contribution is 14.0. The molecule has 27 heavy (non-hydrogen) atoms. The van der Waals surface area contributed by atoms with E-state index in [4.69, 9.17) is 9.47 Å². The molecule has 0 saturated heterocycles. The molecular weight excluding hydrogens is 453 g/mol. The summed E-state index contributed by atoms with van der Waals surface area (Å²) in [5, 5.41) is 6.71. The second-order valence-electron chi connectivity index (χ2n) is 5.95. The number of hydrogen-bond acceptors (Lipinski definition) is 3. The Kier molecular flexibility index (Phi) is 11.3. The van der Waals surface area contributed by atoms with Crippen molar-refractivity contribution in [3.8, 4) is 11.5 Å². The fourth-order valence-corrected chi connectivity index (χ4v) is 2.73. The molecule has 5 nitrogen and oxygen atoms in total. The first-order chi connectivity index (χ1) is 12.8. The molecule has 0 saturated carbocycles. The molecule has 2 N–H and O–H groups in total. The van der Waals surface area contributed by atoms with Crippen molar-refractivity contribution in [2.24, 2.45) is 4.99 Å². The van der Waals surface area contributed by atoms with E-state index in [0.29, 0.717) is 0 Å². The highest BCUT2D eigenvalue weighted by atomic mass is 127. The maximum absolute atomic E-state index is 5.35. The average molecular weight is 483 g/mol. The van der Waals surface area contributed by atoms with Crippen molar-refractivity contribution >= 4 is 29.9 Å². The molecule has 0 fully saturated rings. The predicted octanol–water partition coefficient (Wildman–Crippen LogP) is 3.66. The van der Waals surface area contributed by atoms with Crippen LogP contribution in [0.25, 0.3) is 0 Å². The lowest BCUT2D eigenvalue weighted by Gasteiger charge is -2.12. The van der Waals surface area contributed by atoms with E-state index in [-0.39, 0.29) is 24.0 Å². The molecule has 0 aromatic heterocycles. The molecule has 0 radical (unpaired) electrons. The number of guanidine groups is 1. The van der Waals surface area contributed by atoms with E-state index >= 15 is 0 Å². The molecular formula is C21H30IN3O2. The molecule has 0 amide bonds. The first kappa shape index (κ1) is 23.1. The van der Waals surface area contributed by atoms with Gasteiger partial charge in [0.1, 0.15) is 0 Å². The molecule has 148 valence electrons. The fraction of sp³-hybridized carbons (Fsp3) is 0.381. The van der Waals surface area contributed by atoms with Crippen molar-refractivity contribution in [1.29, 1.82) is 0 Å². The van der Waals surface area contributed by atoms with Crippen molar-refractivity contribution in [2.45, 2.75) is 19.3 Å². The number of aryl methyl sites for hydroxylation is 1. The van der Waals surface area contributed by atoms with Crippen LogP contribution < -0.4 is 20.1 Å². The van der Waals surface area contributed by atoms with Crippen molar-refractivity contribution in [1.82, 2.24) is 10.6 Å². The summed E-state index contributed by atoms with van der Waals surface area (Å²) >= 11 is 0. The Morgan fingerprint density at radius 2 is 1.56 bits per heavy atom. The smallest absolute Gasteiger partial charge is 0.190 e. The molecule has 6 heteroatoms. The van der Waals surface area contributed by atoms with Crippen molar-refractivity contribution in [3.63, 3.8) is 0 Å². The lowest BCUT2D eigenvalue weighted by Crippen LogP contribution is -2.38. The Labute approximate surface area is 179 Å². The van der Waals surface area contributed by atoms with Crippen molar-refractivity contribution in [2.75, 3.05) is 34.4 Å². The minimum atomic E-state index is 0. The zero-order valence-electron chi connectivity index (χ0n) is 16.3. The number of nitrogens with zero attached hydrogens (tertiary/aromatic N) is 1. The Morgan fingerprint density at radius 1 is 0.852 bits per heavy atom. The Bertz CT molecular complexity index is 693. The van der Waals surface area contributed by atoms with E-state index in [0.717, 1.165) is 49.8 Å². The minimum Gasteiger partial charge on any atom is -0.493 e. The van der Waals surface area contributed by atoms with Crippen LogP contribution in [0.15, 0.2) is 53.5 Å². The van der Waals surface area contributed by atoms with Gasteiger partial charge in [0.15, 0.2) is 17.5 Å². The molecule has 0 aliphatic carbocycles. The summed E-state index contributed by atoms with van der Waals surface area (Å²) in [6, 6.07) is 16.5. The van der Waals surface area contributed by atoms with Crippen LogP contribution in [-0.4, -0.2) is 40.3 Å². The van der Waals surface area contributed by atoms with Crippen LogP contribution in [0.4, 0.5) is 0 Å². The third-order valence-electron chi connectivity index (χ3n) is 4.16. The topological polar surface area (TPSA) is 54.9 Å². The summed E-state index contributed by atoms with van der Waals surface area (Å²) < 4.78 is 10.6. The summed E-state index contributed by atoms with van der Waals surface area (Å²) in [4.78, 5) is 4.27. The molecule has 2 aromatic rings. The molecule has 0 bridgehead atoms. The minimum absolute atomic E-state index is 0. The van der Waals surface area contributed by atoms with E-state index < -0.39 is 0 Å². The van der Waals surface area contributed by atoms with Gasteiger partial charge in [-0.05, 0) is 42.5 Å². The lowest BCUT2D eigenvalue weighted by atomic mass is 10.1. The Hall–Kier alpha value is -1.96. The highest BCUT2D eigenvalue weighted by Crippen LogP contribution is 2.27. The van der Waals surface area contributed by atoms with E-state index in [2.05, 4.69) is 46.0 Å².